The van der Waals surface area contributed by atoms with Gasteiger partial charge in [0.05, 0.1) is 16.2 Å². The maximum atomic E-state index is 14.6. The molecule has 1 fully saturated rings. The Morgan fingerprint density at radius 3 is 2.56 bits per heavy atom. The summed E-state index contributed by atoms with van der Waals surface area (Å²) in [6.45, 7) is 0.106. The van der Waals surface area contributed by atoms with Gasteiger partial charge in [0, 0.05) is 43.6 Å². The van der Waals surface area contributed by atoms with Crippen molar-refractivity contribution in [2.75, 3.05) is 23.3 Å². The van der Waals surface area contributed by atoms with E-state index in [0.29, 0.717) is 6.42 Å². The highest BCUT2D eigenvalue weighted by atomic mass is 32.2. The third-order valence-electron chi connectivity index (χ3n) is 6.06. The Kier molecular flexibility index (Phi) is 6.32. The van der Waals surface area contributed by atoms with E-state index in [1.165, 1.54) is 23.1 Å². The van der Waals surface area contributed by atoms with E-state index in [1.54, 1.807) is 0 Å². The van der Waals surface area contributed by atoms with Crippen molar-refractivity contribution < 1.29 is 30.8 Å². The minimum Gasteiger partial charge on any atom is -0.356 e. The van der Waals surface area contributed by atoms with Crippen LogP contribution in [-0.2, 0) is 22.4 Å². The number of halogens is 4. The van der Waals surface area contributed by atoms with Gasteiger partial charge in [-0.1, -0.05) is 6.07 Å². The van der Waals surface area contributed by atoms with Gasteiger partial charge in [0.1, 0.15) is 5.82 Å². The number of anilines is 2. The molecule has 1 saturated heterocycles. The first-order valence-corrected chi connectivity index (χ1v) is 12.4. The third kappa shape index (κ3) is 5.17. The summed E-state index contributed by atoms with van der Waals surface area (Å²) in [5.41, 5.74) is -0.318. The molecule has 0 radical (unpaired) electrons. The molecule has 2 heterocycles. The largest absolute Gasteiger partial charge is 0.356 e. The summed E-state index contributed by atoms with van der Waals surface area (Å²) in [6, 6.07) is 6.25. The fourth-order valence-electron chi connectivity index (χ4n) is 4.29. The first-order chi connectivity index (χ1) is 15.9. The molecule has 184 valence electrons. The number of nitrogens with one attached hydrogen (secondary N) is 1. The van der Waals surface area contributed by atoms with Gasteiger partial charge in [-0.05, 0) is 43.5 Å². The SMILES string of the molecule is NS(=O)(=O)c1cccc(NC(=O)c2cc3c(nc2N2CCCC(F)(F)CC2)CCCC3(F)F)c1. The lowest BCUT2D eigenvalue weighted by molar-refractivity contribution is -0.0224. The number of hydrogen-bond donors (Lipinski definition) is 2. The molecule has 12 heteroatoms. The zero-order valence-electron chi connectivity index (χ0n) is 18.2. The number of fused-ring (bicyclic) bond motifs is 1. The maximum absolute atomic E-state index is 14.6. The molecule has 0 bridgehead atoms. The van der Waals surface area contributed by atoms with Crippen LogP contribution in [-0.4, -0.2) is 38.3 Å². The van der Waals surface area contributed by atoms with E-state index in [9.17, 15) is 30.8 Å². The van der Waals surface area contributed by atoms with Crippen molar-refractivity contribution in [3.05, 3.63) is 47.2 Å². The first kappa shape index (κ1) is 24.4. The maximum Gasteiger partial charge on any atom is 0.275 e. The van der Waals surface area contributed by atoms with Crippen LogP contribution in [0.2, 0.25) is 0 Å². The number of amides is 1. The number of hydrogen-bond acceptors (Lipinski definition) is 5. The number of aromatic nitrogens is 1. The van der Waals surface area contributed by atoms with Crippen LogP contribution in [0.3, 0.4) is 0 Å². The molecule has 34 heavy (non-hydrogen) atoms. The van der Waals surface area contributed by atoms with Crippen LogP contribution < -0.4 is 15.4 Å². The molecule has 2 aromatic rings. The fraction of sp³-hybridized carbons (Fsp3) is 0.455. The summed E-state index contributed by atoms with van der Waals surface area (Å²) in [7, 11) is -4.04. The van der Waals surface area contributed by atoms with E-state index in [2.05, 4.69) is 10.3 Å². The molecule has 0 atom stereocenters. The first-order valence-electron chi connectivity index (χ1n) is 10.8. The zero-order chi connectivity index (χ0) is 24.7. The van der Waals surface area contributed by atoms with E-state index >= 15 is 0 Å². The number of pyridine rings is 1. The van der Waals surface area contributed by atoms with Gasteiger partial charge in [-0.15, -0.1) is 0 Å². The molecule has 1 aliphatic carbocycles. The van der Waals surface area contributed by atoms with Gasteiger partial charge in [0.25, 0.3) is 11.8 Å². The highest BCUT2D eigenvalue weighted by Gasteiger charge is 2.40. The van der Waals surface area contributed by atoms with Gasteiger partial charge in [-0.2, -0.15) is 0 Å². The normalized spacial score (nSPS) is 19.7. The van der Waals surface area contributed by atoms with Crippen LogP contribution in [0.1, 0.15) is 53.7 Å². The Morgan fingerprint density at radius 2 is 1.82 bits per heavy atom. The number of rotatable bonds is 4. The smallest absolute Gasteiger partial charge is 0.275 e. The summed E-state index contributed by atoms with van der Waals surface area (Å²) in [5, 5.41) is 7.63. The zero-order valence-corrected chi connectivity index (χ0v) is 19.0. The molecule has 1 aliphatic heterocycles. The van der Waals surface area contributed by atoms with Gasteiger partial charge >= 0.3 is 0 Å². The van der Waals surface area contributed by atoms with Crippen LogP contribution in [0.25, 0.3) is 0 Å². The minimum atomic E-state index is -4.04. The summed E-state index contributed by atoms with van der Waals surface area (Å²) >= 11 is 0. The van der Waals surface area contributed by atoms with E-state index in [0.717, 1.165) is 12.1 Å². The second kappa shape index (κ2) is 8.81. The molecule has 7 nitrogen and oxygen atoms in total. The second-order valence-electron chi connectivity index (χ2n) is 8.64. The predicted molar refractivity (Wildman–Crippen MR) is 118 cm³/mol. The molecule has 4 rings (SSSR count). The van der Waals surface area contributed by atoms with E-state index < -0.39 is 34.2 Å². The standard InChI is InChI=1S/C22H24F4N4O3S/c23-21(24)7-3-10-30(11-9-21)19-16(13-17-18(29-19)6-2-8-22(17,25)26)20(31)28-14-4-1-5-15(12-14)34(27,32)33/h1,4-5,12-13H,2-3,6-11H2,(H,28,31)(H2,27,32,33). The second-order valence-corrected chi connectivity index (χ2v) is 10.2. The summed E-state index contributed by atoms with van der Waals surface area (Å²) in [6.07, 6.45) is -0.474. The lowest BCUT2D eigenvalue weighted by Crippen LogP contribution is -2.32. The fourth-order valence-corrected chi connectivity index (χ4v) is 4.85. The lowest BCUT2D eigenvalue weighted by atomic mass is 9.91. The lowest BCUT2D eigenvalue weighted by Gasteiger charge is -2.29. The van der Waals surface area contributed by atoms with E-state index in [4.69, 9.17) is 5.14 Å². The predicted octanol–water partition coefficient (Wildman–Crippen LogP) is 4.04. The van der Waals surface area contributed by atoms with Crippen LogP contribution in [0.4, 0.5) is 29.1 Å². The molecule has 3 N–H and O–H groups in total. The van der Waals surface area contributed by atoms with Gasteiger partial charge in [-0.25, -0.2) is 36.1 Å². The van der Waals surface area contributed by atoms with Crippen LogP contribution in [0.5, 0.6) is 0 Å². The van der Waals surface area contributed by atoms with Crippen molar-refractivity contribution in [3.8, 4) is 0 Å². The van der Waals surface area contributed by atoms with Crippen LogP contribution >= 0.6 is 0 Å². The summed E-state index contributed by atoms with van der Waals surface area (Å²) < 4.78 is 80.3. The number of primary sulfonamides is 1. The van der Waals surface area contributed by atoms with Gasteiger partial charge < -0.3 is 10.2 Å². The Hall–Kier alpha value is -2.73. The Labute approximate surface area is 194 Å². The number of carbonyl (C=O) groups is 1. The Morgan fingerprint density at radius 1 is 1.06 bits per heavy atom. The van der Waals surface area contributed by atoms with Crippen molar-refractivity contribution >= 4 is 27.4 Å². The number of aryl methyl sites for hydroxylation is 1. The van der Waals surface area contributed by atoms with Crippen molar-refractivity contribution in [2.45, 2.75) is 55.3 Å². The molecule has 0 saturated carbocycles. The Balaban J connectivity index is 1.74. The molecule has 0 spiro atoms. The van der Waals surface area contributed by atoms with Crippen LogP contribution in [0, 0.1) is 0 Å². The highest BCUT2D eigenvalue weighted by molar-refractivity contribution is 7.89. The highest BCUT2D eigenvalue weighted by Crippen LogP contribution is 2.42. The van der Waals surface area contributed by atoms with Gasteiger partial charge in [-0.3, -0.25) is 4.79 Å². The van der Waals surface area contributed by atoms with Gasteiger partial charge in [0.2, 0.25) is 15.9 Å². The summed E-state index contributed by atoms with van der Waals surface area (Å²) in [4.78, 5) is 18.9. The summed E-state index contributed by atoms with van der Waals surface area (Å²) in [5.74, 6) is -6.77. The van der Waals surface area contributed by atoms with Crippen molar-refractivity contribution in [2.24, 2.45) is 5.14 Å². The van der Waals surface area contributed by atoms with Crippen molar-refractivity contribution in [3.63, 3.8) is 0 Å². The molecule has 1 amide bonds. The average molecular weight is 501 g/mol. The minimum absolute atomic E-state index is 0.0641. The molecular formula is C22H24F4N4O3S. The average Bonchev–Trinajstić information content (AvgIpc) is 2.93. The third-order valence-corrected chi connectivity index (χ3v) is 6.97. The number of benzene rings is 1. The Bertz CT molecular complexity index is 1220. The van der Waals surface area contributed by atoms with Crippen molar-refractivity contribution in [1.82, 2.24) is 4.98 Å². The molecule has 0 unspecified atom stereocenters. The number of nitrogens with zero attached hydrogens (tertiary/aromatic N) is 2. The van der Waals surface area contributed by atoms with Crippen LogP contribution in [0.15, 0.2) is 35.2 Å². The quantitative estimate of drug-likeness (QED) is 0.617. The number of alkyl halides is 4. The molecular weight excluding hydrogens is 476 g/mol. The van der Waals surface area contributed by atoms with Crippen molar-refractivity contribution in [1.29, 1.82) is 0 Å². The molecule has 2 aliphatic rings. The topological polar surface area (TPSA) is 105 Å². The molecule has 1 aromatic heterocycles. The molecule has 1 aromatic carbocycles. The number of nitrogens with two attached hydrogens (primary N) is 1. The van der Waals surface area contributed by atoms with E-state index in [1.807, 2.05) is 0 Å². The van der Waals surface area contributed by atoms with E-state index in [-0.39, 0.29) is 72.0 Å². The number of sulfonamides is 1. The monoisotopic (exact) mass is 500 g/mol. The number of carbonyl (C=O) groups excluding carboxylic acids is 1. The van der Waals surface area contributed by atoms with Gasteiger partial charge in [0.15, 0.2) is 0 Å².